The fraction of sp³-hybridized carbons (Fsp3) is 0.352. The lowest BCUT2D eigenvalue weighted by molar-refractivity contribution is -0.118. The number of piperazine rings is 3. The third kappa shape index (κ3) is 30.0. The molecule has 0 radical (unpaired) electrons. The molecule has 24 nitrogen and oxygen atoms in total. The zero-order chi connectivity index (χ0) is 84.7. The van der Waals surface area contributed by atoms with Gasteiger partial charge >= 0.3 is 0 Å². The molecule has 5 saturated heterocycles. The van der Waals surface area contributed by atoms with Gasteiger partial charge in [-0.2, -0.15) is 0 Å². The molecule has 5 N–H and O–H groups in total. The summed E-state index contributed by atoms with van der Waals surface area (Å²) in [5.41, 5.74) is 9.78. The van der Waals surface area contributed by atoms with Crippen molar-refractivity contribution in [3.05, 3.63) is 262 Å². The Morgan fingerprint density at radius 2 is 0.542 bits per heavy atom. The van der Waals surface area contributed by atoms with Gasteiger partial charge in [0.15, 0.2) is 0 Å². The lowest BCUT2D eigenvalue weighted by atomic mass is 9.93. The van der Waals surface area contributed by atoms with Crippen LogP contribution in [0, 0.1) is 63.9 Å². The Morgan fingerprint density at radius 3 is 0.800 bits per heavy atom. The number of carbonyl (C=O) groups is 5. The van der Waals surface area contributed by atoms with E-state index in [4.69, 9.17) is 23.2 Å². The van der Waals surface area contributed by atoms with Gasteiger partial charge in [-0.1, -0.05) is 53.5 Å². The van der Waals surface area contributed by atoms with Crippen molar-refractivity contribution in [3.8, 4) is 0 Å². The Balaban J connectivity index is 0.000000147. The molecule has 4 aromatic carbocycles. The minimum absolute atomic E-state index is 0.0200. The maximum absolute atomic E-state index is 13.0. The van der Waals surface area contributed by atoms with E-state index >= 15 is 0 Å². The predicted molar refractivity (Wildman–Crippen MR) is 473 cm³/mol. The van der Waals surface area contributed by atoms with Gasteiger partial charge in [-0.3, -0.25) is 38.7 Å². The van der Waals surface area contributed by atoms with Crippen LogP contribution in [0.5, 0.6) is 0 Å². The largest absolute Gasteiger partial charge is 0.372 e. The SMILES string of the molecule is Cc1ccc(NC(=O)CC2CCN(c3ccc(Cl)cc3)CC2)nc1.Cc1ccc(NC(=O)CC2CCN(c3ccc(F)cc3)CC2)nc1.Cc1ccc(NC(=O)CN2CCN(c3ccc(Cl)cc3)CC2)nc1.Cc1ccc(NC(=O)CN2CCN(c3ccc(F)cc3)CC2)nc1.Cc1ccc(NC(=O)CN2CCN(c3ccc(F)cn3)CC2)nc1. The van der Waals surface area contributed by atoms with Crippen molar-refractivity contribution in [1.82, 2.24) is 44.6 Å². The molecule has 5 aliphatic heterocycles. The van der Waals surface area contributed by atoms with E-state index in [2.05, 4.69) is 108 Å². The number of rotatable bonds is 20. The fourth-order valence-electron chi connectivity index (χ4n) is 14.2. The number of hydrogen-bond acceptors (Lipinski definition) is 19. The number of nitrogens with zero attached hydrogens (tertiary/aromatic N) is 14. The van der Waals surface area contributed by atoms with Gasteiger partial charge in [0.05, 0.1) is 25.8 Å². The Kier molecular flexibility index (Phi) is 33.8. The van der Waals surface area contributed by atoms with Crippen LogP contribution in [-0.2, 0) is 24.0 Å². The van der Waals surface area contributed by atoms with Gasteiger partial charge in [-0.25, -0.2) is 43.1 Å². The van der Waals surface area contributed by atoms with Crippen LogP contribution in [0.1, 0.15) is 66.3 Å². The van der Waals surface area contributed by atoms with Crippen molar-refractivity contribution in [2.75, 3.05) is 175 Å². The average Bonchev–Trinajstić information content (AvgIpc) is 0.864. The van der Waals surface area contributed by atoms with E-state index in [0.29, 0.717) is 73.4 Å². The van der Waals surface area contributed by atoms with E-state index in [-0.39, 0.29) is 47.0 Å². The molecule has 0 atom stereocenters. The lowest BCUT2D eigenvalue weighted by Crippen LogP contribution is -2.49. The molecule has 5 aliphatic rings. The molecule has 10 aromatic rings. The molecule has 630 valence electrons. The third-order valence-electron chi connectivity index (χ3n) is 21.1. The molecule has 5 fully saturated rings. The molecule has 29 heteroatoms. The van der Waals surface area contributed by atoms with Crippen molar-refractivity contribution in [2.24, 2.45) is 11.8 Å². The standard InChI is InChI=1S/C19H22ClN3O.C19H22FN3O.C18H21ClN4O.C18H21FN4O.C17H20FN5O/c2*1-14-2-7-18(21-13-14)22-19(24)12-15-8-10-23(11-9-15)17-5-3-16(20)4-6-17;2*1-14-2-7-17(20-12-14)21-18(24)13-22-8-10-23(11-9-22)16-5-3-15(19)4-6-16;1-13-2-4-15(19-10-13)21-17(24)12-22-6-8-23(9-7-22)16-5-3-14(18)11-20-16/h2*2-7,13,15H,8-12H2,1H3,(H,21,22,24);2*2-7,12H,8-11,13H2,1H3,(H,20,21,24);2-5,10-11H,6-9,12H2,1H3,(H,19,21,24). The molecule has 0 aliphatic carbocycles. The van der Waals surface area contributed by atoms with Gasteiger partial charge in [0.25, 0.3) is 0 Å². The highest BCUT2D eigenvalue weighted by atomic mass is 35.5. The summed E-state index contributed by atoms with van der Waals surface area (Å²) in [7, 11) is 0. The zero-order valence-corrected chi connectivity index (χ0v) is 70.2. The van der Waals surface area contributed by atoms with Crippen molar-refractivity contribution >= 4 is 110 Å². The normalized spacial score (nSPS) is 15.3. The average molecular weight is 1670 g/mol. The summed E-state index contributed by atoms with van der Waals surface area (Å²) < 4.78 is 38.9. The maximum atomic E-state index is 13.0. The second kappa shape index (κ2) is 45.5. The van der Waals surface area contributed by atoms with E-state index < -0.39 is 0 Å². The van der Waals surface area contributed by atoms with Crippen molar-refractivity contribution in [3.63, 3.8) is 0 Å². The number of pyridine rings is 6. The summed E-state index contributed by atoms with van der Waals surface area (Å²) in [6.45, 7) is 24.4. The first-order chi connectivity index (χ1) is 58.0. The highest BCUT2D eigenvalue weighted by Gasteiger charge is 2.27. The summed E-state index contributed by atoms with van der Waals surface area (Å²) in [5, 5.41) is 15.7. The summed E-state index contributed by atoms with van der Waals surface area (Å²) in [4.78, 5) is 103. The number of nitrogens with one attached hydrogen (secondary N) is 5. The Labute approximate surface area is 710 Å². The van der Waals surface area contributed by atoms with Crippen LogP contribution in [0.3, 0.4) is 0 Å². The number of anilines is 10. The Bertz CT molecular complexity index is 4110. The van der Waals surface area contributed by atoms with Gasteiger partial charge in [0.1, 0.15) is 52.4 Å². The molecular weight excluding hydrogens is 1570 g/mol. The van der Waals surface area contributed by atoms with E-state index in [9.17, 15) is 37.1 Å². The molecule has 120 heavy (non-hydrogen) atoms. The van der Waals surface area contributed by atoms with Crippen LogP contribution >= 0.6 is 23.2 Å². The third-order valence-corrected chi connectivity index (χ3v) is 21.6. The van der Waals surface area contributed by atoms with E-state index in [1.165, 1.54) is 47.9 Å². The van der Waals surface area contributed by atoms with Crippen LogP contribution in [0.25, 0.3) is 0 Å². The Morgan fingerprint density at radius 1 is 0.292 bits per heavy atom. The first-order valence-corrected chi connectivity index (χ1v) is 41.4. The molecule has 0 bridgehead atoms. The fourth-order valence-corrected chi connectivity index (χ4v) is 14.4. The van der Waals surface area contributed by atoms with E-state index in [0.717, 1.165) is 185 Å². The van der Waals surface area contributed by atoms with Crippen LogP contribution in [0.15, 0.2) is 207 Å². The Hall–Kier alpha value is -11.6. The summed E-state index contributed by atoms with van der Waals surface area (Å²) in [5.74, 6) is 3.72. The number of piperidine rings is 2. The number of aryl methyl sites for hydroxylation is 5. The number of halogens is 5. The number of benzene rings is 4. The van der Waals surface area contributed by atoms with Gasteiger partial charge < -0.3 is 51.1 Å². The van der Waals surface area contributed by atoms with E-state index in [1.54, 1.807) is 61.3 Å². The van der Waals surface area contributed by atoms with Gasteiger partial charge in [-0.05, 0) is 239 Å². The van der Waals surface area contributed by atoms with Crippen LogP contribution in [0.4, 0.5) is 70.8 Å². The number of carbonyl (C=O) groups excluding carboxylic acids is 5. The topological polar surface area (TPSA) is 249 Å². The lowest BCUT2D eigenvalue weighted by Gasteiger charge is -2.35. The highest BCUT2D eigenvalue weighted by molar-refractivity contribution is 6.31. The molecule has 15 rings (SSSR count). The number of aromatic nitrogens is 6. The quantitative estimate of drug-likeness (QED) is 0.0476. The molecule has 6 aromatic heterocycles. The monoisotopic (exact) mass is 1670 g/mol. The minimum atomic E-state index is -0.334. The second-order valence-electron chi connectivity index (χ2n) is 30.6. The summed E-state index contributed by atoms with van der Waals surface area (Å²) >= 11 is 11.9. The van der Waals surface area contributed by atoms with Crippen molar-refractivity contribution < 1.29 is 37.1 Å². The first kappa shape index (κ1) is 89.2. The van der Waals surface area contributed by atoms with Gasteiger partial charge in [0.2, 0.25) is 29.5 Å². The molecule has 0 unspecified atom stereocenters. The second-order valence-corrected chi connectivity index (χ2v) is 31.5. The smallest absolute Gasteiger partial charge is 0.239 e. The first-order valence-electron chi connectivity index (χ1n) is 40.7. The summed E-state index contributed by atoms with van der Waals surface area (Å²) in [6, 6.07) is 50.8. The molecular formula is C91H106Cl2F3N19O5. The van der Waals surface area contributed by atoms with E-state index in [1.807, 2.05) is 132 Å². The number of amides is 5. The van der Waals surface area contributed by atoms with Gasteiger partial charge in [0, 0.05) is 181 Å². The minimum Gasteiger partial charge on any atom is -0.372 e. The zero-order valence-electron chi connectivity index (χ0n) is 68.7. The van der Waals surface area contributed by atoms with Crippen molar-refractivity contribution in [1.29, 1.82) is 0 Å². The molecule has 5 amide bonds. The summed E-state index contributed by atoms with van der Waals surface area (Å²) in [6.07, 6.45) is 15.0. The molecule has 11 heterocycles. The van der Waals surface area contributed by atoms with Crippen molar-refractivity contribution in [2.45, 2.75) is 73.1 Å². The van der Waals surface area contributed by atoms with Crippen LogP contribution in [0.2, 0.25) is 10.0 Å². The molecule has 0 spiro atoms. The molecule has 0 saturated carbocycles. The predicted octanol–water partition coefficient (Wildman–Crippen LogP) is 14.8. The highest BCUT2D eigenvalue weighted by Crippen LogP contribution is 2.29. The number of hydrogen-bond donors (Lipinski definition) is 5. The van der Waals surface area contributed by atoms with Crippen LogP contribution < -0.4 is 51.1 Å². The van der Waals surface area contributed by atoms with Gasteiger partial charge in [-0.15, -0.1) is 0 Å². The van der Waals surface area contributed by atoms with Crippen LogP contribution in [-0.4, -0.2) is 198 Å². The maximum Gasteiger partial charge on any atom is 0.239 e.